The van der Waals surface area contributed by atoms with Gasteiger partial charge >= 0.3 is 0 Å². The second-order valence-corrected chi connectivity index (χ2v) is 6.50. The molecule has 0 aliphatic heterocycles. The number of carbonyl (C=O) groups is 1. The standard InChI is InChI=1S/C22H22FN3O/c1-26(2)21-12-10-19(11-13-21)24-18-6-8-20(9-7-18)25-22(27)15-16-4-3-5-17(23)14-16/h3-14,24H,15H2,1-2H3,(H,25,27). The van der Waals surface area contributed by atoms with Crippen LogP contribution < -0.4 is 15.5 Å². The minimum absolute atomic E-state index is 0.135. The Morgan fingerprint density at radius 2 is 1.48 bits per heavy atom. The third-order valence-corrected chi connectivity index (χ3v) is 4.09. The Hall–Kier alpha value is -3.34. The predicted octanol–water partition coefficient (Wildman–Crippen LogP) is 4.82. The highest BCUT2D eigenvalue weighted by Crippen LogP contribution is 2.21. The van der Waals surface area contributed by atoms with Crippen LogP contribution in [0.15, 0.2) is 72.8 Å². The summed E-state index contributed by atoms with van der Waals surface area (Å²) >= 11 is 0. The Balaban J connectivity index is 1.57. The summed E-state index contributed by atoms with van der Waals surface area (Å²) in [6, 6.07) is 21.7. The van der Waals surface area contributed by atoms with Crippen molar-refractivity contribution in [2.45, 2.75) is 6.42 Å². The van der Waals surface area contributed by atoms with Crippen molar-refractivity contribution in [3.63, 3.8) is 0 Å². The molecule has 3 aromatic carbocycles. The maximum absolute atomic E-state index is 13.2. The van der Waals surface area contributed by atoms with E-state index in [0.717, 1.165) is 17.1 Å². The number of halogens is 1. The molecule has 2 N–H and O–H groups in total. The van der Waals surface area contributed by atoms with Crippen molar-refractivity contribution in [2.24, 2.45) is 0 Å². The molecule has 0 saturated heterocycles. The van der Waals surface area contributed by atoms with Crippen molar-refractivity contribution in [3.8, 4) is 0 Å². The van der Waals surface area contributed by atoms with Crippen molar-refractivity contribution in [1.82, 2.24) is 0 Å². The molecule has 0 atom stereocenters. The Labute approximate surface area is 158 Å². The molecule has 138 valence electrons. The van der Waals surface area contributed by atoms with Crippen LogP contribution in [0, 0.1) is 5.82 Å². The lowest BCUT2D eigenvalue weighted by Crippen LogP contribution is -2.14. The van der Waals surface area contributed by atoms with Crippen molar-refractivity contribution < 1.29 is 9.18 Å². The minimum Gasteiger partial charge on any atom is -0.378 e. The normalized spacial score (nSPS) is 10.3. The molecule has 0 aliphatic carbocycles. The largest absolute Gasteiger partial charge is 0.378 e. The first kappa shape index (κ1) is 18.5. The van der Waals surface area contributed by atoms with E-state index in [1.165, 1.54) is 12.1 Å². The van der Waals surface area contributed by atoms with E-state index in [1.807, 2.05) is 67.5 Å². The first-order chi connectivity index (χ1) is 13.0. The Kier molecular flexibility index (Phi) is 5.71. The Bertz CT molecular complexity index is 906. The summed E-state index contributed by atoms with van der Waals surface area (Å²) in [6.07, 6.45) is 0.135. The second-order valence-electron chi connectivity index (χ2n) is 6.50. The van der Waals surface area contributed by atoms with Gasteiger partial charge in [-0.2, -0.15) is 0 Å². The molecule has 0 heterocycles. The maximum Gasteiger partial charge on any atom is 0.228 e. The third-order valence-electron chi connectivity index (χ3n) is 4.09. The molecule has 3 aromatic rings. The maximum atomic E-state index is 13.2. The molecule has 0 unspecified atom stereocenters. The lowest BCUT2D eigenvalue weighted by atomic mass is 10.1. The predicted molar refractivity (Wildman–Crippen MR) is 109 cm³/mol. The Morgan fingerprint density at radius 1 is 0.889 bits per heavy atom. The van der Waals surface area contributed by atoms with E-state index in [-0.39, 0.29) is 18.1 Å². The number of benzene rings is 3. The van der Waals surface area contributed by atoms with Gasteiger partial charge < -0.3 is 15.5 Å². The smallest absolute Gasteiger partial charge is 0.228 e. The molecule has 4 nitrogen and oxygen atoms in total. The summed E-state index contributed by atoms with van der Waals surface area (Å²) in [4.78, 5) is 14.1. The van der Waals surface area contributed by atoms with Gasteiger partial charge in [0, 0.05) is 36.8 Å². The monoisotopic (exact) mass is 363 g/mol. The van der Waals surface area contributed by atoms with Gasteiger partial charge in [-0.1, -0.05) is 12.1 Å². The quantitative estimate of drug-likeness (QED) is 0.660. The van der Waals surface area contributed by atoms with Crippen LogP contribution in [-0.4, -0.2) is 20.0 Å². The molecule has 0 aliphatic rings. The van der Waals surface area contributed by atoms with Crippen LogP contribution in [0.25, 0.3) is 0 Å². The number of amides is 1. The molecule has 0 radical (unpaired) electrons. The zero-order valence-electron chi connectivity index (χ0n) is 15.4. The van der Waals surface area contributed by atoms with E-state index >= 15 is 0 Å². The molecule has 3 rings (SSSR count). The lowest BCUT2D eigenvalue weighted by molar-refractivity contribution is -0.115. The molecule has 0 fully saturated rings. The fraction of sp³-hybridized carbons (Fsp3) is 0.136. The number of carbonyl (C=O) groups excluding carboxylic acids is 1. The van der Waals surface area contributed by atoms with Gasteiger partial charge in [0.05, 0.1) is 6.42 Å². The molecule has 27 heavy (non-hydrogen) atoms. The number of hydrogen-bond donors (Lipinski definition) is 2. The van der Waals surface area contributed by atoms with Crippen LogP contribution in [0.4, 0.5) is 27.1 Å². The van der Waals surface area contributed by atoms with Gasteiger partial charge in [0.1, 0.15) is 5.82 Å². The second kappa shape index (κ2) is 8.36. The topological polar surface area (TPSA) is 44.4 Å². The fourth-order valence-corrected chi connectivity index (χ4v) is 2.68. The van der Waals surface area contributed by atoms with Crippen molar-refractivity contribution in [2.75, 3.05) is 29.6 Å². The summed E-state index contributed by atoms with van der Waals surface area (Å²) in [5.74, 6) is -0.519. The highest BCUT2D eigenvalue weighted by atomic mass is 19.1. The summed E-state index contributed by atoms with van der Waals surface area (Å²) in [6.45, 7) is 0. The summed E-state index contributed by atoms with van der Waals surface area (Å²) in [5.41, 5.74) is 4.40. The average Bonchev–Trinajstić information content (AvgIpc) is 2.64. The number of nitrogens with zero attached hydrogens (tertiary/aromatic N) is 1. The third kappa shape index (κ3) is 5.31. The van der Waals surface area contributed by atoms with Gasteiger partial charge in [-0.15, -0.1) is 0 Å². The first-order valence-electron chi connectivity index (χ1n) is 8.68. The molecule has 0 bridgehead atoms. The van der Waals surface area contributed by atoms with Crippen LogP contribution in [0.5, 0.6) is 0 Å². The van der Waals surface area contributed by atoms with Gasteiger partial charge in [0.25, 0.3) is 0 Å². The van der Waals surface area contributed by atoms with Crippen LogP contribution in [-0.2, 0) is 11.2 Å². The highest BCUT2D eigenvalue weighted by Gasteiger charge is 2.05. The number of nitrogens with one attached hydrogen (secondary N) is 2. The van der Waals surface area contributed by atoms with Crippen LogP contribution >= 0.6 is 0 Å². The minimum atomic E-state index is -0.339. The molecule has 1 amide bonds. The van der Waals surface area contributed by atoms with Gasteiger partial charge in [0.2, 0.25) is 5.91 Å². The summed E-state index contributed by atoms with van der Waals surface area (Å²) < 4.78 is 13.2. The molecule has 0 saturated carbocycles. The summed E-state index contributed by atoms with van der Waals surface area (Å²) in [5, 5.41) is 6.15. The van der Waals surface area contributed by atoms with Gasteiger partial charge in [-0.3, -0.25) is 4.79 Å². The van der Waals surface area contributed by atoms with Crippen molar-refractivity contribution in [1.29, 1.82) is 0 Å². The van der Waals surface area contributed by atoms with E-state index in [0.29, 0.717) is 11.3 Å². The van der Waals surface area contributed by atoms with E-state index in [4.69, 9.17) is 0 Å². The van der Waals surface area contributed by atoms with Crippen LogP contribution in [0.3, 0.4) is 0 Å². The molecular weight excluding hydrogens is 341 g/mol. The summed E-state index contributed by atoms with van der Waals surface area (Å²) in [7, 11) is 4.01. The van der Waals surface area contributed by atoms with Crippen LogP contribution in [0.2, 0.25) is 0 Å². The van der Waals surface area contributed by atoms with Gasteiger partial charge in [-0.25, -0.2) is 4.39 Å². The highest BCUT2D eigenvalue weighted by molar-refractivity contribution is 5.92. The van der Waals surface area contributed by atoms with E-state index in [1.54, 1.807) is 12.1 Å². The molecule has 0 spiro atoms. The number of hydrogen-bond acceptors (Lipinski definition) is 3. The lowest BCUT2D eigenvalue weighted by Gasteiger charge is -2.13. The average molecular weight is 363 g/mol. The molecule has 5 heteroatoms. The number of anilines is 4. The molecular formula is C22H22FN3O. The zero-order valence-corrected chi connectivity index (χ0v) is 15.4. The van der Waals surface area contributed by atoms with Crippen molar-refractivity contribution in [3.05, 3.63) is 84.2 Å². The van der Waals surface area contributed by atoms with E-state index < -0.39 is 0 Å². The first-order valence-corrected chi connectivity index (χ1v) is 8.68. The van der Waals surface area contributed by atoms with Gasteiger partial charge in [0.15, 0.2) is 0 Å². The molecule has 0 aromatic heterocycles. The Morgan fingerprint density at radius 3 is 2.07 bits per heavy atom. The number of rotatable bonds is 6. The van der Waals surface area contributed by atoms with Gasteiger partial charge in [-0.05, 0) is 66.2 Å². The fourth-order valence-electron chi connectivity index (χ4n) is 2.68. The zero-order chi connectivity index (χ0) is 19.2. The van der Waals surface area contributed by atoms with Crippen molar-refractivity contribution >= 4 is 28.7 Å². The van der Waals surface area contributed by atoms with E-state index in [9.17, 15) is 9.18 Å². The SMILES string of the molecule is CN(C)c1ccc(Nc2ccc(NC(=O)Cc3cccc(F)c3)cc2)cc1. The van der Waals surface area contributed by atoms with Crippen LogP contribution in [0.1, 0.15) is 5.56 Å². The van der Waals surface area contributed by atoms with E-state index in [2.05, 4.69) is 10.6 Å².